The van der Waals surface area contributed by atoms with Crippen LogP contribution in [0, 0.1) is 11.8 Å². The van der Waals surface area contributed by atoms with E-state index in [1.165, 1.54) is 24.3 Å². The molecule has 10 rings (SSSR count). The number of alkyl halides is 2. The third-order valence-electron chi connectivity index (χ3n) is 11.9. The normalized spacial score (nSPS) is 22.1. The number of carbonyl (C=O) groups is 2. The van der Waals surface area contributed by atoms with Crippen LogP contribution in [-0.4, -0.2) is 54.9 Å². The Morgan fingerprint density at radius 3 is 2.42 bits per heavy atom. The maximum absolute atomic E-state index is 13.7. The number of alkyl carbamates (subject to hydrolysis) is 1. The first-order chi connectivity index (χ1) is 29.1. The van der Waals surface area contributed by atoms with Gasteiger partial charge in [0.15, 0.2) is 23.9 Å². The number of aromatic amines is 1. The van der Waals surface area contributed by atoms with Crippen molar-refractivity contribution < 1.29 is 51.5 Å². The van der Waals surface area contributed by atoms with Crippen LogP contribution in [0.1, 0.15) is 76.4 Å². The number of carbonyl (C=O) groups excluding carboxylic acids is 2. The minimum absolute atomic E-state index is 0.0214. The van der Waals surface area contributed by atoms with Gasteiger partial charge in [-0.15, -0.1) is 0 Å². The third kappa shape index (κ3) is 8.48. The Hall–Kier alpha value is -5.37. The molecule has 0 radical (unpaired) electrons. The van der Waals surface area contributed by atoms with Gasteiger partial charge >= 0.3 is 18.7 Å². The summed E-state index contributed by atoms with van der Waals surface area (Å²) < 4.78 is 61.4. The number of H-pyrrole nitrogens is 1. The van der Waals surface area contributed by atoms with Gasteiger partial charge in [-0.3, -0.25) is 4.90 Å². The quantitative estimate of drug-likeness (QED) is 0.0913. The number of amides is 1. The number of aromatic nitrogens is 1. The summed E-state index contributed by atoms with van der Waals surface area (Å²) in [6.45, 7) is -0.884. The number of furan rings is 1. The van der Waals surface area contributed by atoms with Crippen molar-refractivity contribution in [1.82, 2.24) is 10.2 Å². The van der Waals surface area contributed by atoms with E-state index in [0.29, 0.717) is 57.2 Å². The predicted octanol–water partition coefficient (Wildman–Crippen LogP) is 9.17. The van der Waals surface area contributed by atoms with Gasteiger partial charge < -0.3 is 33.4 Å². The molecule has 15 heteroatoms. The molecule has 2 saturated carbocycles. The molecule has 5 aromatic rings. The van der Waals surface area contributed by atoms with Crippen molar-refractivity contribution in [3.63, 3.8) is 0 Å². The number of benzene rings is 3. The van der Waals surface area contributed by atoms with E-state index in [1.54, 1.807) is 24.5 Å². The number of fused-ring (bicyclic) bond motifs is 1. The fraction of sp³-hybridized carbons (Fsp3) is 0.356. The van der Waals surface area contributed by atoms with Crippen LogP contribution in [0.15, 0.2) is 102 Å². The number of pyridine rings is 1. The van der Waals surface area contributed by atoms with Crippen LogP contribution in [0.25, 0.3) is 0 Å². The lowest BCUT2D eigenvalue weighted by Crippen LogP contribution is -2.85. The molecule has 0 spiro atoms. The second-order valence-electron chi connectivity index (χ2n) is 15.7. The first kappa shape index (κ1) is 40.1. The number of rotatable bonds is 17. The largest absolute Gasteiger partial charge is 0.489 e. The summed E-state index contributed by atoms with van der Waals surface area (Å²) in [6.07, 6.45) is 5.80. The number of piperidine rings is 4. The molecule has 5 heterocycles. The van der Waals surface area contributed by atoms with Crippen LogP contribution < -0.4 is 24.5 Å². The number of hydrogen-bond acceptors (Lipinski definition) is 9. The monoisotopic (exact) mass is 860 g/mol. The van der Waals surface area contributed by atoms with E-state index in [9.17, 15) is 18.4 Å². The van der Waals surface area contributed by atoms with Crippen molar-refractivity contribution in [2.75, 3.05) is 19.7 Å². The number of nitrogens with one attached hydrogen (secondary N) is 2. The molecule has 4 bridgehead atoms. The third-order valence-corrected chi connectivity index (χ3v) is 12.6. The van der Waals surface area contributed by atoms with Gasteiger partial charge in [-0.25, -0.2) is 14.6 Å². The number of esters is 1. The predicted molar refractivity (Wildman–Crippen MR) is 214 cm³/mol. The van der Waals surface area contributed by atoms with Crippen LogP contribution in [0.5, 0.6) is 17.2 Å². The lowest BCUT2D eigenvalue weighted by molar-refractivity contribution is -0.377. The Labute approximate surface area is 354 Å². The summed E-state index contributed by atoms with van der Waals surface area (Å²) in [5.41, 5.74) is 2.23. The fourth-order valence-corrected chi connectivity index (χ4v) is 9.05. The van der Waals surface area contributed by atoms with Crippen LogP contribution in [-0.2, 0) is 22.5 Å². The number of halogens is 4. The highest BCUT2D eigenvalue weighted by molar-refractivity contribution is 6.35. The molecule has 1 amide bonds. The van der Waals surface area contributed by atoms with Crippen molar-refractivity contribution in [3.8, 4) is 17.2 Å². The maximum atomic E-state index is 13.7. The molecule has 2 aliphatic carbocycles. The molecule has 3 aliphatic heterocycles. The summed E-state index contributed by atoms with van der Waals surface area (Å²) in [5.74, 6) is 0.682. The topological polar surface area (TPSA) is 123 Å². The van der Waals surface area contributed by atoms with E-state index in [-0.39, 0.29) is 35.9 Å². The number of hydrogen-bond donors (Lipinski definition) is 1. The molecule has 5 fully saturated rings. The summed E-state index contributed by atoms with van der Waals surface area (Å²) in [6, 6.07) is 24.4. The lowest BCUT2D eigenvalue weighted by Gasteiger charge is -2.71. The average molecular weight is 862 g/mol. The fourth-order valence-electron chi connectivity index (χ4n) is 8.51. The van der Waals surface area contributed by atoms with Crippen LogP contribution >= 0.6 is 23.2 Å². The SMILES string of the molecule is O=C(N[C@@H](c1ccccc1)c1cccc(OCc2ccc(C(=O)O[C@@H](Cc3c(Cl)c[nH+]cc3Cl)c3ccc(OC(F)F)c(OCC4CC4)c3)o2)c1)O[C@]12CN3CCC1CC32. The molecular weight excluding hydrogens is 819 g/mol. The second kappa shape index (κ2) is 16.9. The average Bonchev–Trinajstić information content (AvgIpc) is 3.96. The Balaban J connectivity index is 0.888. The molecule has 6 atom stereocenters. The highest BCUT2D eigenvalue weighted by Gasteiger charge is 2.70. The highest BCUT2D eigenvalue weighted by atomic mass is 35.5. The summed E-state index contributed by atoms with van der Waals surface area (Å²) in [4.78, 5) is 32.3. The molecule has 3 unspecified atom stereocenters. The van der Waals surface area contributed by atoms with E-state index in [2.05, 4.69) is 15.2 Å². The van der Waals surface area contributed by atoms with Gasteiger partial charge in [-0.2, -0.15) is 8.78 Å². The molecule has 60 heavy (non-hydrogen) atoms. The van der Waals surface area contributed by atoms with Gasteiger partial charge in [-0.1, -0.05) is 71.7 Å². The van der Waals surface area contributed by atoms with Crippen LogP contribution in [0.3, 0.4) is 0 Å². The van der Waals surface area contributed by atoms with Crippen LogP contribution in [0.4, 0.5) is 13.6 Å². The molecule has 312 valence electrons. The van der Waals surface area contributed by atoms with E-state index in [4.69, 9.17) is 51.3 Å². The minimum Gasteiger partial charge on any atom is -0.489 e. The van der Waals surface area contributed by atoms with Crippen molar-refractivity contribution in [2.24, 2.45) is 11.8 Å². The molecule has 5 aliphatic rings. The number of nitrogens with zero attached hydrogens (tertiary/aromatic N) is 1. The van der Waals surface area contributed by atoms with Crippen molar-refractivity contribution >= 4 is 35.3 Å². The molecule has 2 aromatic heterocycles. The Morgan fingerprint density at radius 1 is 0.900 bits per heavy atom. The van der Waals surface area contributed by atoms with E-state index in [1.807, 2.05) is 48.5 Å². The van der Waals surface area contributed by atoms with Crippen molar-refractivity contribution in [2.45, 2.75) is 69.1 Å². The molecule has 11 nitrogen and oxygen atoms in total. The zero-order valence-corrected chi connectivity index (χ0v) is 33.8. The summed E-state index contributed by atoms with van der Waals surface area (Å²) >= 11 is 13.0. The van der Waals surface area contributed by atoms with Gasteiger partial charge in [0.1, 0.15) is 39.9 Å². The second-order valence-corrected chi connectivity index (χ2v) is 16.5. The zero-order chi connectivity index (χ0) is 41.4. The van der Waals surface area contributed by atoms with Gasteiger partial charge in [0.05, 0.1) is 18.7 Å². The Kier molecular flexibility index (Phi) is 11.3. The molecular formula is C45H42Cl2F2N3O8+. The van der Waals surface area contributed by atoms with E-state index >= 15 is 0 Å². The zero-order valence-electron chi connectivity index (χ0n) is 32.3. The highest BCUT2D eigenvalue weighted by Crippen LogP contribution is 2.58. The smallest absolute Gasteiger partial charge is 0.408 e. The molecule has 3 saturated heterocycles. The van der Waals surface area contributed by atoms with Gasteiger partial charge in [-0.05, 0) is 91.2 Å². The van der Waals surface area contributed by atoms with Crippen molar-refractivity contribution in [3.05, 3.63) is 141 Å². The molecule has 3 aromatic carbocycles. The molecule has 2 N–H and O–H groups in total. The van der Waals surface area contributed by atoms with Crippen LogP contribution in [0.2, 0.25) is 10.0 Å². The maximum Gasteiger partial charge on any atom is 0.408 e. The van der Waals surface area contributed by atoms with Gasteiger partial charge in [0.25, 0.3) is 0 Å². The summed E-state index contributed by atoms with van der Waals surface area (Å²) in [5, 5.41) is 3.73. The minimum atomic E-state index is -3.06. The van der Waals surface area contributed by atoms with E-state index in [0.717, 1.165) is 49.9 Å². The first-order valence-corrected chi connectivity index (χ1v) is 20.7. The Bertz CT molecular complexity index is 2330. The van der Waals surface area contributed by atoms with Gasteiger partial charge in [0, 0.05) is 24.4 Å². The first-order valence-electron chi connectivity index (χ1n) is 20.0. The van der Waals surface area contributed by atoms with Gasteiger partial charge in [0.2, 0.25) is 5.76 Å². The lowest BCUT2D eigenvalue weighted by atomic mass is 9.54. The summed E-state index contributed by atoms with van der Waals surface area (Å²) in [7, 11) is 0. The van der Waals surface area contributed by atoms with E-state index < -0.39 is 30.8 Å². The standard InChI is InChI=1S/C45H41Cl2F2N3O8/c46-34-21-50-22-35(47)33(34)20-38(28-11-13-36(59-43(48)49)39(18-28)56-23-26-9-10-26)58-42(53)37-14-12-32(57-37)24-55-31-8-4-7-29(17-31)41(27-5-2-1-3-6-27)51-44(54)60-45-25-52-16-15-30(45)19-40(45)52/h1-8,11-14,17-18,21-22,26,30,38,40-41,43H,9-10,15-16,19-20,23-25H2,(H,51,54)/p+1/t30?,38-,40?,41-,45+/m0/s1. The van der Waals surface area contributed by atoms with Crippen molar-refractivity contribution in [1.29, 1.82) is 0 Å². The number of ether oxygens (including phenoxy) is 5. The Morgan fingerprint density at radius 2 is 1.70 bits per heavy atom.